The zero-order chi connectivity index (χ0) is 12.1. The van der Waals surface area contributed by atoms with Crippen LogP contribution in [-0.2, 0) is 9.59 Å². The van der Waals surface area contributed by atoms with E-state index in [1.807, 2.05) is 0 Å². The molecule has 1 amide bonds. The molecular weight excluding hydrogens is 206 g/mol. The van der Waals surface area contributed by atoms with E-state index in [1.54, 1.807) is 32.2 Å². The van der Waals surface area contributed by atoms with Crippen molar-refractivity contribution < 1.29 is 14.7 Å². The van der Waals surface area contributed by atoms with E-state index in [4.69, 9.17) is 0 Å². The van der Waals surface area contributed by atoms with Gasteiger partial charge in [0.1, 0.15) is 11.5 Å². The zero-order valence-corrected chi connectivity index (χ0v) is 9.43. The Morgan fingerprint density at radius 3 is 2.50 bits per heavy atom. The van der Waals surface area contributed by atoms with E-state index >= 15 is 0 Å². The molecule has 0 radical (unpaired) electrons. The highest BCUT2D eigenvalue weighted by Crippen LogP contribution is 2.25. The molecule has 1 aromatic carbocycles. The Bertz CT molecular complexity index is 401. The standard InChI is InChI=1S/C12H15NO3/c1-3-9(14)8-12(16)13(2)10-6-4-5-7-11(10)15/h4-7,15H,3,8H2,1-2H3. The second-order valence-electron chi connectivity index (χ2n) is 3.51. The van der Waals surface area contributed by atoms with Gasteiger partial charge in [0.25, 0.3) is 0 Å². The van der Waals surface area contributed by atoms with Crippen LogP contribution in [0, 0.1) is 0 Å². The van der Waals surface area contributed by atoms with E-state index in [0.29, 0.717) is 12.1 Å². The van der Waals surface area contributed by atoms with Gasteiger partial charge in [-0.15, -0.1) is 0 Å². The Hall–Kier alpha value is -1.84. The molecule has 1 rings (SSSR count). The lowest BCUT2D eigenvalue weighted by molar-refractivity contribution is -0.126. The fourth-order valence-electron chi connectivity index (χ4n) is 1.29. The molecule has 0 spiro atoms. The first-order valence-corrected chi connectivity index (χ1v) is 5.12. The van der Waals surface area contributed by atoms with E-state index in [2.05, 4.69) is 0 Å². The third-order valence-corrected chi connectivity index (χ3v) is 2.36. The normalized spacial score (nSPS) is 9.88. The molecule has 0 atom stereocenters. The van der Waals surface area contributed by atoms with Crippen LogP contribution in [0.25, 0.3) is 0 Å². The van der Waals surface area contributed by atoms with Crippen LogP contribution >= 0.6 is 0 Å². The summed E-state index contributed by atoms with van der Waals surface area (Å²) in [5.41, 5.74) is 0.413. The molecule has 86 valence electrons. The molecule has 0 saturated carbocycles. The second kappa shape index (κ2) is 5.30. The van der Waals surface area contributed by atoms with Gasteiger partial charge in [-0.3, -0.25) is 9.59 Å². The van der Waals surface area contributed by atoms with E-state index in [0.717, 1.165) is 0 Å². The van der Waals surface area contributed by atoms with E-state index in [-0.39, 0.29) is 23.9 Å². The first-order valence-electron chi connectivity index (χ1n) is 5.12. The summed E-state index contributed by atoms with van der Waals surface area (Å²) in [6.45, 7) is 1.72. The van der Waals surface area contributed by atoms with Crippen LogP contribution in [-0.4, -0.2) is 23.8 Å². The van der Waals surface area contributed by atoms with Gasteiger partial charge in [0.15, 0.2) is 0 Å². The van der Waals surface area contributed by atoms with Crippen molar-refractivity contribution in [2.45, 2.75) is 19.8 Å². The maximum absolute atomic E-state index is 11.7. The largest absolute Gasteiger partial charge is 0.506 e. The number of amides is 1. The molecule has 0 aliphatic carbocycles. The van der Waals surface area contributed by atoms with Crippen molar-refractivity contribution >= 4 is 17.4 Å². The molecule has 4 heteroatoms. The molecule has 0 aliphatic rings. The topological polar surface area (TPSA) is 57.6 Å². The van der Waals surface area contributed by atoms with Crippen molar-refractivity contribution in [3.05, 3.63) is 24.3 Å². The van der Waals surface area contributed by atoms with Gasteiger partial charge in [0.05, 0.1) is 12.1 Å². The molecule has 4 nitrogen and oxygen atoms in total. The third-order valence-electron chi connectivity index (χ3n) is 2.36. The minimum atomic E-state index is -0.312. The molecule has 0 fully saturated rings. The highest BCUT2D eigenvalue weighted by molar-refractivity contribution is 6.05. The summed E-state index contributed by atoms with van der Waals surface area (Å²) in [6, 6.07) is 6.53. The van der Waals surface area contributed by atoms with Crippen molar-refractivity contribution in [1.29, 1.82) is 0 Å². The predicted octanol–water partition coefficient (Wildman–Crippen LogP) is 1.72. The lowest BCUT2D eigenvalue weighted by atomic mass is 10.2. The molecule has 1 N–H and O–H groups in total. The maximum Gasteiger partial charge on any atom is 0.234 e. The molecule has 0 heterocycles. The number of aromatic hydroxyl groups is 1. The summed E-state index contributed by atoms with van der Waals surface area (Å²) in [6.07, 6.45) is 0.224. The predicted molar refractivity (Wildman–Crippen MR) is 61.4 cm³/mol. The fourth-order valence-corrected chi connectivity index (χ4v) is 1.29. The Balaban J connectivity index is 2.78. The lowest BCUT2D eigenvalue weighted by Gasteiger charge is -2.17. The Morgan fingerprint density at radius 1 is 1.31 bits per heavy atom. The number of carbonyl (C=O) groups is 2. The highest BCUT2D eigenvalue weighted by atomic mass is 16.3. The molecule has 0 aliphatic heterocycles. The number of nitrogens with zero attached hydrogens (tertiary/aromatic N) is 1. The van der Waals surface area contributed by atoms with Crippen LogP contribution in [0.4, 0.5) is 5.69 Å². The Morgan fingerprint density at radius 2 is 1.94 bits per heavy atom. The number of anilines is 1. The lowest BCUT2D eigenvalue weighted by Crippen LogP contribution is -2.28. The van der Waals surface area contributed by atoms with Gasteiger partial charge in [-0.2, -0.15) is 0 Å². The average Bonchev–Trinajstić information content (AvgIpc) is 2.28. The van der Waals surface area contributed by atoms with E-state index in [9.17, 15) is 14.7 Å². The van der Waals surface area contributed by atoms with Crippen LogP contribution in [0.15, 0.2) is 24.3 Å². The summed E-state index contributed by atoms with van der Waals surface area (Å²) < 4.78 is 0. The van der Waals surface area contributed by atoms with Gasteiger partial charge in [0, 0.05) is 13.5 Å². The Kier molecular flexibility index (Phi) is 4.05. The number of phenolic OH excluding ortho intramolecular Hbond substituents is 1. The minimum Gasteiger partial charge on any atom is -0.506 e. The summed E-state index contributed by atoms with van der Waals surface area (Å²) in [7, 11) is 1.54. The van der Waals surface area contributed by atoms with Crippen molar-refractivity contribution in [3.8, 4) is 5.75 Å². The number of Topliss-reactive ketones (excluding diaryl/α,β-unsaturated/α-hetero) is 1. The molecule has 0 aromatic heterocycles. The summed E-state index contributed by atoms with van der Waals surface area (Å²) in [4.78, 5) is 24.1. The maximum atomic E-state index is 11.7. The minimum absolute atomic E-state index is 0.0299. The molecule has 0 bridgehead atoms. The van der Waals surface area contributed by atoms with Crippen LogP contribution in [0.2, 0.25) is 0 Å². The smallest absolute Gasteiger partial charge is 0.234 e. The molecule has 0 unspecified atom stereocenters. The van der Waals surface area contributed by atoms with Crippen LogP contribution < -0.4 is 4.90 Å². The van der Waals surface area contributed by atoms with Crippen LogP contribution in [0.3, 0.4) is 0 Å². The van der Waals surface area contributed by atoms with Gasteiger partial charge in [-0.25, -0.2) is 0 Å². The van der Waals surface area contributed by atoms with Gasteiger partial charge in [-0.1, -0.05) is 19.1 Å². The Labute approximate surface area is 94.5 Å². The summed E-state index contributed by atoms with van der Waals surface area (Å²) >= 11 is 0. The number of carbonyl (C=O) groups excluding carboxylic acids is 2. The quantitative estimate of drug-likeness (QED) is 0.787. The van der Waals surface area contributed by atoms with Crippen LogP contribution in [0.1, 0.15) is 19.8 Å². The number of phenols is 1. The van der Waals surface area contributed by atoms with Crippen LogP contribution in [0.5, 0.6) is 5.75 Å². The van der Waals surface area contributed by atoms with E-state index < -0.39 is 0 Å². The van der Waals surface area contributed by atoms with Crippen molar-refractivity contribution in [2.75, 3.05) is 11.9 Å². The summed E-state index contributed by atoms with van der Waals surface area (Å²) in [5.74, 6) is -0.386. The first kappa shape index (κ1) is 12.2. The summed E-state index contributed by atoms with van der Waals surface area (Å²) in [5, 5.41) is 9.54. The van der Waals surface area contributed by atoms with Gasteiger partial charge in [-0.05, 0) is 12.1 Å². The SMILES string of the molecule is CCC(=O)CC(=O)N(C)c1ccccc1O. The van der Waals surface area contributed by atoms with E-state index in [1.165, 1.54) is 11.0 Å². The van der Waals surface area contributed by atoms with Gasteiger partial charge < -0.3 is 10.0 Å². The second-order valence-corrected chi connectivity index (χ2v) is 3.51. The van der Waals surface area contributed by atoms with Crippen molar-refractivity contribution in [1.82, 2.24) is 0 Å². The average molecular weight is 221 g/mol. The number of hydrogen-bond acceptors (Lipinski definition) is 3. The third kappa shape index (κ3) is 2.82. The van der Waals surface area contributed by atoms with Crippen molar-refractivity contribution in [2.24, 2.45) is 0 Å². The molecule has 16 heavy (non-hydrogen) atoms. The molecule has 1 aromatic rings. The number of benzene rings is 1. The number of para-hydroxylation sites is 2. The fraction of sp³-hybridized carbons (Fsp3) is 0.333. The molecule has 0 saturated heterocycles. The first-order chi connectivity index (χ1) is 7.56. The van der Waals surface area contributed by atoms with Gasteiger partial charge >= 0.3 is 0 Å². The zero-order valence-electron chi connectivity index (χ0n) is 9.43. The number of rotatable bonds is 4. The van der Waals surface area contributed by atoms with Gasteiger partial charge in [0.2, 0.25) is 5.91 Å². The van der Waals surface area contributed by atoms with Crippen molar-refractivity contribution in [3.63, 3.8) is 0 Å². The highest BCUT2D eigenvalue weighted by Gasteiger charge is 2.16. The molecular formula is C12H15NO3. The number of hydrogen-bond donors (Lipinski definition) is 1. The monoisotopic (exact) mass is 221 g/mol. The number of ketones is 1.